The lowest BCUT2D eigenvalue weighted by molar-refractivity contribution is 0.505. The van der Waals surface area contributed by atoms with Crippen LogP contribution in [0.4, 0.5) is 14.6 Å². The summed E-state index contributed by atoms with van der Waals surface area (Å²) < 4.78 is 28.2. The lowest BCUT2D eigenvalue weighted by Crippen LogP contribution is -2.23. The van der Waals surface area contributed by atoms with E-state index in [0.717, 1.165) is 11.5 Å². The van der Waals surface area contributed by atoms with Crippen LogP contribution in [0.2, 0.25) is 0 Å². The molecule has 3 aromatic rings. The highest BCUT2D eigenvalue weighted by atomic mass is 19.2. The summed E-state index contributed by atoms with van der Waals surface area (Å²) in [5.74, 6) is -1.02. The largest absolute Gasteiger partial charge is 0.352 e. The lowest BCUT2D eigenvalue weighted by atomic mass is 10.1. The van der Waals surface area contributed by atoms with E-state index in [9.17, 15) is 8.78 Å². The van der Waals surface area contributed by atoms with E-state index < -0.39 is 11.6 Å². The molecule has 0 amide bonds. The van der Waals surface area contributed by atoms with Crippen LogP contribution in [0.3, 0.4) is 0 Å². The van der Waals surface area contributed by atoms with E-state index in [1.54, 1.807) is 24.0 Å². The van der Waals surface area contributed by atoms with Gasteiger partial charge in [0.15, 0.2) is 17.3 Å². The van der Waals surface area contributed by atoms with Gasteiger partial charge in [0.05, 0.1) is 17.6 Å². The highest BCUT2D eigenvalue weighted by Gasteiger charge is 2.18. The SMILES string of the molecule is C[C@H](c1ccc(F)c(F)c1)N(C)c1ncnc2c1cnn2C. The van der Waals surface area contributed by atoms with Crippen molar-refractivity contribution in [1.29, 1.82) is 0 Å². The molecule has 0 aliphatic heterocycles. The fraction of sp³-hybridized carbons (Fsp3) is 0.267. The average Bonchev–Trinajstić information content (AvgIpc) is 2.90. The molecular weight excluding hydrogens is 288 g/mol. The summed E-state index contributed by atoms with van der Waals surface area (Å²) in [7, 11) is 3.65. The van der Waals surface area contributed by atoms with E-state index in [-0.39, 0.29) is 6.04 Å². The molecule has 0 fully saturated rings. The highest BCUT2D eigenvalue weighted by Crippen LogP contribution is 2.29. The van der Waals surface area contributed by atoms with Gasteiger partial charge in [-0.2, -0.15) is 5.10 Å². The van der Waals surface area contributed by atoms with Gasteiger partial charge in [0.2, 0.25) is 0 Å². The van der Waals surface area contributed by atoms with Gasteiger partial charge < -0.3 is 4.90 Å². The smallest absolute Gasteiger partial charge is 0.163 e. The molecule has 0 bridgehead atoms. The minimum Gasteiger partial charge on any atom is -0.352 e. The van der Waals surface area contributed by atoms with Crippen molar-refractivity contribution in [3.63, 3.8) is 0 Å². The van der Waals surface area contributed by atoms with Gasteiger partial charge in [-0.05, 0) is 24.6 Å². The molecule has 2 heterocycles. The van der Waals surface area contributed by atoms with Crippen molar-refractivity contribution >= 4 is 16.9 Å². The van der Waals surface area contributed by atoms with Crippen LogP contribution >= 0.6 is 0 Å². The maximum absolute atomic E-state index is 13.4. The first-order chi connectivity index (χ1) is 10.5. The maximum Gasteiger partial charge on any atom is 0.163 e. The van der Waals surface area contributed by atoms with Crippen LogP contribution in [0.15, 0.2) is 30.7 Å². The number of nitrogens with zero attached hydrogens (tertiary/aromatic N) is 5. The van der Waals surface area contributed by atoms with E-state index in [1.807, 2.05) is 18.9 Å². The second-order valence-electron chi connectivity index (χ2n) is 5.16. The van der Waals surface area contributed by atoms with Crippen LogP contribution in [0.1, 0.15) is 18.5 Å². The van der Waals surface area contributed by atoms with Crippen molar-refractivity contribution in [2.45, 2.75) is 13.0 Å². The Bertz CT molecular complexity index is 830. The van der Waals surface area contributed by atoms with Gasteiger partial charge in [-0.1, -0.05) is 6.07 Å². The number of hydrogen-bond acceptors (Lipinski definition) is 4. The standard InChI is InChI=1S/C15H15F2N5/c1-9(10-4-5-12(16)13(17)6-10)21(2)14-11-7-20-22(3)15(11)19-8-18-14/h4-9H,1-3H3/t9-/m1/s1. The van der Waals surface area contributed by atoms with E-state index >= 15 is 0 Å². The van der Waals surface area contributed by atoms with E-state index in [1.165, 1.54) is 12.4 Å². The van der Waals surface area contributed by atoms with Gasteiger partial charge in [-0.25, -0.2) is 18.7 Å². The molecule has 0 aliphatic carbocycles. The van der Waals surface area contributed by atoms with Gasteiger partial charge in [0.1, 0.15) is 12.1 Å². The third-order valence-corrected chi connectivity index (χ3v) is 3.85. The Balaban J connectivity index is 2.01. The summed E-state index contributed by atoms with van der Waals surface area (Å²) in [4.78, 5) is 10.4. The number of anilines is 1. The number of rotatable bonds is 3. The Morgan fingerprint density at radius 1 is 1.18 bits per heavy atom. The number of aryl methyl sites for hydroxylation is 1. The highest BCUT2D eigenvalue weighted by molar-refractivity contribution is 5.86. The van der Waals surface area contributed by atoms with Gasteiger partial charge in [-0.3, -0.25) is 4.68 Å². The van der Waals surface area contributed by atoms with Crippen molar-refractivity contribution < 1.29 is 8.78 Å². The van der Waals surface area contributed by atoms with Crippen LogP contribution in [0.5, 0.6) is 0 Å². The zero-order valence-corrected chi connectivity index (χ0v) is 12.5. The second-order valence-corrected chi connectivity index (χ2v) is 5.16. The summed E-state index contributed by atoms with van der Waals surface area (Å²) in [6.07, 6.45) is 3.16. The molecule has 0 unspecified atom stereocenters. The molecule has 0 saturated carbocycles. The van der Waals surface area contributed by atoms with E-state index in [2.05, 4.69) is 15.1 Å². The van der Waals surface area contributed by atoms with Crippen molar-refractivity contribution in [1.82, 2.24) is 19.7 Å². The molecule has 0 N–H and O–H groups in total. The molecule has 0 aliphatic rings. The first-order valence-corrected chi connectivity index (χ1v) is 6.79. The summed E-state index contributed by atoms with van der Waals surface area (Å²) >= 11 is 0. The topological polar surface area (TPSA) is 46.8 Å². The predicted molar refractivity (Wildman–Crippen MR) is 79.5 cm³/mol. The Morgan fingerprint density at radius 2 is 1.95 bits per heavy atom. The van der Waals surface area contributed by atoms with Crippen LogP contribution in [-0.4, -0.2) is 26.8 Å². The summed E-state index contributed by atoms with van der Waals surface area (Å²) in [5.41, 5.74) is 1.38. The molecule has 7 heteroatoms. The quantitative estimate of drug-likeness (QED) is 0.746. The Hall–Kier alpha value is -2.57. The zero-order chi connectivity index (χ0) is 15.9. The van der Waals surface area contributed by atoms with Gasteiger partial charge >= 0.3 is 0 Å². The van der Waals surface area contributed by atoms with Crippen LogP contribution in [0, 0.1) is 11.6 Å². The fourth-order valence-electron chi connectivity index (χ4n) is 2.41. The number of hydrogen-bond donors (Lipinski definition) is 0. The van der Waals surface area contributed by atoms with Crippen molar-refractivity contribution in [2.75, 3.05) is 11.9 Å². The summed E-state index contributed by atoms with van der Waals surface area (Å²) in [5, 5.41) is 4.98. The molecule has 1 atom stereocenters. The molecule has 0 saturated heterocycles. The predicted octanol–water partition coefficient (Wildman–Crippen LogP) is 2.84. The minimum atomic E-state index is -0.855. The molecular formula is C15H15F2N5. The van der Waals surface area contributed by atoms with Crippen molar-refractivity contribution in [3.8, 4) is 0 Å². The van der Waals surface area contributed by atoms with Gasteiger partial charge in [-0.15, -0.1) is 0 Å². The third-order valence-electron chi connectivity index (χ3n) is 3.85. The molecule has 114 valence electrons. The van der Waals surface area contributed by atoms with Crippen LogP contribution in [0.25, 0.3) is 11.0 Å². The number of halogens is 2. The van der Waals surface area contributed by atoms with Crippen molar-refractivity contribution in [2.24, 2.45) is 7.05 Å². The first-order valence-electron chi connectivity index (χ1n) is 6.79. The molecule has 1 aromatic carbocycles. The maximum atomic E-state index is 13.4. The van der Waals surface area contributed by atoms with Crippen molar-refractivity contribution in [3.05, 3.63) is 47.9 Å². The molecule has 5 nitrogen and oxygen atoms in total. The second kappa shape index (κ2) is 5.32. The summed E-state index contributed by atoms with van der Waals surface area (Å²) in [6, 6.07) is 3.72. The monoisotopic (exact) mass is 303 g/mol. The number of benzene rings is 1. The number of aromatic nitrogens is 4. The Morgan fingerprint density at radius 3 is 2.68 bits per heavy atom. The first kappa shape index (κ1) is 14.4. The molecule has 22 heavy (non-hydrogen) atoms. The van der Waals surface area contributed by atoms with E-state index in [4.69, 9.17) is 0 Å². The molecule has 0 spiro atoms. The van der Waals surface area contributed by atoms with Gasteiger partial charge in [0.25, 0.3) is 0 Å². The molecule has 2 aromatic heterocycles. The third kappa shape index (κ3) is 2.28. The van der Waals surface area contributed by atoms with Crippen LogP contribution in [-0.2, 0) is 7.05 Å². The minimum absolute atomic E-state index is 0.187. The average molecular weight is 303 g/mol. The lowest BCUT2D eigenvalue weighted by Gasteiger charge is -2.26. The fourth-order valence-corrected chi connectivity index (χ4v) is 2.41. The molecule has 0 radical (unpaired) electrons. The van der Waals surface area contributed by atoms with Gasteiger partial charge in [0, 0.05) is 14.1 Å². The van der Waals surface area contributed by atoms with Crippen LogP contribution < -0.4 is 4.90 Å². The molecule has 3 rings (SSSR count). The summed E-state index contributed by atoms with van der Waals surface area (Å²) in [6.45, 7) is 1.90. The zero-order valence-electron chi connectivity index (χ0n) is 12.5. The Labute approximate surface area is 126 Å². The van der Waals surface area contributed by atoms with E-state index in [0.29, 0.717) is 17.0 Å². The normalized spacial score (nSPS) is 12.6. The Kier molecular flexibility index (Phi) is 3.48. The number of fused-ring (bicyclic) bond motifs is 1.